The topological polar surface area (TPSA) is 55.2 Å². The van der Waals surface area contributed by atoms with Crippen molar-refractivity contribution in [2.24, 2.45) is 7.05 Å². The van der Waals surface area contributed by atoms with E-state index >= 15 is 0 Å². The summed E-state index contributed by atoms with van der Waals surface area (Å²) in [7, 11) is -1.58. The fourth-order valence-corrected chi connectivity index (χ4v) is 2.43. The summed E-state index contributed by atoms with van der Waals surface area (Å²) >= 11 is 0. The third kappa shape index (κ3) is 2.50. The van der Waals surface area contributed by atoms with Gasteiger partial charge in [0.05, 0.1) is 12.2 Å². The number of aryl methyl sites for hydroxylation is 1. The van der Waals surface area contributed by atoms with E-state index in [0.717, 1.165) is 37.1 Å². The fraction of sp³-hybridized carbons (Fsp3) is 0.700. The highest BCUT2D eigenvalue weighted by Crippen LogP contribution is 2.22. The smallest absolute Gasteiger partial charge is 0.334 e. The van der Waals surface area contributed by atoms with E-state index in [1.807, 2.05) is 11.6 Å². The van der Waals surface area contributed by atoms with E-state index in [1.54, 1.807) is 0 Å². The van der Waals surface area contributed by atoms with E-state index in [2.05, 4.69) is 4.98 Å². The van der Waals surface area contributed by atoms with Crippen LogP contribution in [-0.2, 0) is 36.8 Å². The van der Waals surface area contributed by atoms with Gasteiger partial charge in [-0.15, -0.1) is 0 Å². The molecule has 2 rings (SSSR count). The predicted octanol–water partition coefficient (Wildman–Crippen LogP) is 0.945. The van der Waals surface area contributed by atoms with Gasteiger partial charge >= 0.3 is 10.4 Å². The third-order valence-electron chi connectivity index (χ3n) is 3.20. The largest absolute Gasteiger partial charge is 0.374 e. The normalized spacial score (nSPS) is 16.2. The lowest BCUT2D eigenvalue weighted by atomic mass is 10.0. The Bertz CT molecular complexity index is 524. The second kappa shape index (κ2) is 4.38. The molecule has 0 saturated carbocycles. The van der Waals surface area contributed by atoms with Gasteiger partial charge in [-0.25, -0.2) is 4.98 Å². The Kier molecular flexibility index (Phi) is 3.22. The van der Waals surface area contributed by atoms with Crippen molar-refractivity contribution >= 4 is 10.4 Å². The van der Waals surface area contributed by atoms with Crippen molar-refractivity contribution in [2.45, 2.75) is 32.2 Å². The lowest BCUT2D eigenvalue weighted by molar-refractivity contribution is 0.417. The first kappa shape index (κ1) is 12.5. The Labute approximate surface area is 101 Å². The first-order valence-corrected chi connectivity index (χ1v) is 6.93. The highest BCUT2D eigenvalue weighted by molar-refractivity contribution is 7.83. The summed E-state index contributed by atoms with van der Waals surface area (Å²) < 4.78 is 36.7. The predicted molar refractivity (Wildman–Crippen MR) is 61.3 cm³/mol. The van der Waals surface area contributed by atoms with Crippen LogP contribution in [-0.4, -0.2) is 29.3 Å². The first-order chi connectivity index (χ1) is 7.89. The Morgan fingerprint density at radius 1 is 1.41 bits per heavy atom. The summed E-state index contributed by atoms with van der Waals surface area (Å²) in [6.45, 7) is -0.0255. The minimum absolute atomic E-state index is 0.0255. The molecule has 0 aliphatic heterocycles. The van der Waals surface area contributed by atoms with Gasteiger partial charge in [0.25, 0.3) is 0 Å². The number of fused-ring (bicyclic) bond motifs is 1. The number of imidazole rings is 1. The molecule has 0 amide bonds. The summed E-state index contributed by atoms with van der Waals surface area (Å²) in [5.74, 6) is 0.598. The van der Waals surface area contributed by atoms with E-state index < -0.39 is 10.4 Å². The summed E-state index contributed by atoms with van der Waals surface area (Å²) in [5, 5.41) is 0. The molecule has 0 bridgehead atoms. The molecule has 1 aliphatic rings. The van der Waals surface area contributed by atoms with E-state index in [1.165, 1.54) is 7.05 Å². The number of rotatable bonds is 3. The van der Waals surface area contributed by atoms with Crippen molar-refractivity contribution in [1.82, 2.24) is 13.9 Å². The zero-order valence-electron chi connectivity index (χ0n) is 9.98. The summed E-state index contributed by atoms with van der Waals surface area (Å²) in [6, 6.07) is 0. The molecule has 1 heterocycles. The van der Waals surface area contributed by atoms with Crippen molar-refractivity contribution < 1.29 is 12.3 Å². The molecule has 5 nitrogen and oxygen atoms in total. The standard InChI is InChI=1S/C10H16FN3O2S/c1-13(17(11,15)16)7-10-12-8-5-3-4-6-9(8)14(10)2/h3-7H2,1-2H3. The molecule has 0 atom stereocenters. The van der Waals surface area contributed by atoms with Gasteiger partial charge in [0.2, 0.25) is 0 Å². The minimum atomic E-state index is -4.64. The molecule has 0 aromatic carbocycles. The first-order valence-electron chi connectivity index (χ1n) is 5.59. The number of hydrogen-bond acceptors (Lipinski definition) is 3. The summed E-state index contributed by atoms with van der Waals surface area (Å²) in [4.78, 5) is 4.39. The fourth-order valence-electron chi connectivity index (χ4n) is 2.16. The number of nitrogens with zero attached hydrogens (tertiary/aromatic N) is 3. The molecule has 7 heteroatoms. The van der Waals surface area contributed by atoms with Gasteiger partial charge in [0.15, 0.2) is 0 Å². The molecule has 0 radical (unpaired) electrons. The monoisotopic (exact) mass is 261 g/mol. The second-order valence-corrected chi connectivity index (χ2v) is 5.83. The zero-order chi connectivity index (χ0) is 12.6. The number of hydrogen-bond donors (Lipinski definition) is 0. The van der Waals surface area contributed by atoms with Crippen LogP contribution in [0.25, 0.3) is 0 Å². The maximum atomic E-state index is 12.7. The molecule has 0 N–H and O–H groups in total. The summed E-state index contributed by atoms with van der Waals surface area (Å²) in [5.41, 5.74) is 2.18. The highest BCUT2D eigenvalue weighted by atomic mass is 32.3. The Morgan fingerprint density at radius 2 is 2.06 bits per heavy atom. The molecular formula is C10H16FN3O2S. The van der Waals surface area contributed by atoms with Crippen molar-refractivity contribution in [3.8, 4) is 0 Å². The van der Waals surface area contributed by atoms with Gasteiger partial charge in [-0.05, 0) is 25.7 Å². The van der Waals surface area contributed by atoms with Gasteiger partial charge in [0, 0.05) is 19.8 Å². The molecule has 0 spiro atoms. The van der Waals surface area contributed by atoms with Crippen LogP contribution in [0.15, 0.2) is 0 Å². The molecule has 1 aliphatic carbocycles. The SMILES string of the molecule is CN(Cc1nc2c(n1C)CCCC2)S(=O)(=O)F. The molecular weight excluding hydrogens is 245 g/mol. The van der Waals surface area contributed by atoms with Crippen LogP contribution in [0.1, 0.15) is 30.1 Å². The molecule has 1 aromatic heterocycles. The molecule has 1 aromatic rings. The van der Waals surface area contributed by atoms with Crippen LogP contribution in [0, 0.1) is 0 Å². The van der Waals surface area contributed by atoms with Crippen molar-refractivity contribution in [3.05, 3.63) is 17.2 Å². The maximum absolute atomic E-state index is 12.7. The van der Waals surface area contributed by atoms with Crippen LogP contribution in [0.3, 0.4) is 0 Å². The van der Waals surface area contributed by atoms with E-state index in [-0.39, 0.29) is 6.54 Å². The van der Waals surface area contributed by atoms with Crippen LogP contribution < -0.4 is 0 Å². The number of aromatic nitrogens is 2. The van der Waals surface area contributed by atoms with Gasteiger partial charge in [-0.3, -0.25) is 0 Å². The van der Waals surface area contributed by atoms with Crippen molar-refractivity contribution in [1.29, 1.82) is 0 Å². The lowest BCUT2D eigenvalue weighted by Crippen LogP contribution is -2.24. The Hall–Kier alpha value is -0.950. The van der Waals surface area contributed by atoms with Crippen LogP contribution in [0.5, 0.6) is 0 Å². The van der Waals surface area contributed by atoms with Gasteiger partial charge in [-0.2, -0.15) is 12.7 Å². The van der Waals surface area contributed by atoms with Gasteiger partial charge in [-0.1, -0.05) is 3.89 Å². The van der Waals surface area contributed by atoms with Crippen LogP contribution >= 0.6 is 0 Å². The van der Waals surface area contributed by atoms with Gasteiger partial charge < -0.3 is 4.57 Å². The molecule has 17 heavy (non-hydrogen) atoms. The molecule has 0 fully saturated rings. The quantitative estimate of drug-likeness (QED) is 0.761. The molecule has 0 saturated heterocycles. The summed E-state index contributed by atoms with van der Waals surface area (Å²) in [6.07, 6.45) is 4.13. The third-order valence-corrected chi connectivity index (χ3v) is 4.08. The van der Waals surface area contributed by atoms with Crippen LogP contribution in [0.2, 0.25) is 0 Å². The lowest BCUT2D eigenvalue weighted by Gasteiger charge is -2.13. The van der Waals surface area contributed by atoms with Crippen LogP contribution in [0.4, 0.5) is 3.89 Å². The molecule has 0 unspecified atom stereocenters. The minimum Gasteiger partial charge on any atom is -0.334 e. The zero-order valence-corrected chi connectivity index (χ0v) is 10.8. The highest BCUT2D eigenvalue weighted by Gasteiger charge is 2.22. The van der Waals surface area contributed by atoms with E-state index in [4.69, 9.17) is 0 Å². The van der Waals surface area contributed by atoms with E-state index in [9.17, 15) is 12.3 Å². The average molecular weight is 261 g/mol. The van der Waals surface area contributed by atoms with E-state index in [0.29, 0.717) is 10.1 Å². The Morgan fingerprint density at radius 3 is 2.65 bits per heavy atom. The average Bonchev–Trinajstić information content (AvgIpc) is 2.55. The van der Waals surface area contributed by atoms with Crippen molar-refractivity contribution in [2.75, 3.05) is 7.05 Å². The Balaban J connectivity index is 2.25. The number of halogens is 1. The second-order valence-electron chi connectivity index (χ2n) is 4.39. The van der Waals surface area contributed by atoms with Gasteiger partial charge in [0.1, 0.15) is 5.82 Å². The van der Waals surface area contributed by atoms with Crippen molar-refractivity contribution in [3.63, 3.8) is 0 Å². The molecule has 96 valence electrons. The maximum Gasteiger partial charge on any atom is 0.374 e.